The van der Waals surface area contributed by atoms with Crippen LogP contribution in [0.25, 0.3) is 0 Å². The molecule has 0 aliphatic rings. The molecule has 0 amide bonds. The summed E-state index contributed by atoms with van der Waals surface area (Å²) in [6.45, 7) is 4.06. The lowest BCUT2D eigenvalue weighted by Gasteiger charge is -2.07. The zero-order chi connectivity index (χ0) is 10.0. The Kier molecular flexibility index (Phi) is 2.67. The molecule has 1 aromatic heterocycles. The van der Waals surface area contributed by atoms with Crippen LogP contribution in [0.2, 0.25) is 0 Å². The highest BCUT2D eigenvalue weighted by molar-refractivity contribution is 5.83. The Bertz CT molecular complexity index is 317. The monoisotopic (exact) mass is 183 g/mol. The van der Waals surface area contributed by atoms with Crippen LogP contribution in [0.15, 0.2) is 6.20 Å². The second-order valence-corrected chi connectivity index (χ2v) is 3.07. The normalized spacial score (nSPS) is 10.8. The average Bonchev–Trinajstić information content (AvgIpc) is 2.47. The molecular formula is C8H13N3O2. The van der Waals surface area contributed by atoms with E-state index in [1.165, 1.54) is 0 Å². The molecule has 5 heteroatoms. The van der Waals surface area contributed by atoms with Crippen molar-refractivity contribution in [2.75, 3.05) is 0 Å². The quantitative estimate of drug-likeness (QED) is 0.719. The van der Waals surface area contributed by atoms with Gasteiger partial charge in [-0.25, -0.2) is 9.78 Å². The Morgan fingerprint density at radius 2 is 2.38 bits per heavy atom. The molecule has 0 bridgehead atoms. The van der Waals surface area contributed by atoms with E-state index in [1.54, 1.807) is 10.8 Å². The van der Waals surface area contributed by atoms with E-state index >= 15 is 0 Å². The van der Waals surface area contributed by atoms with Gasteiger partial charge in [-0.3, -0.25) is 0 Å². The van der Waals surface area contributed by atoms with E-state index in [2.05, 4.69) is 4.98 Å². The third kappa shape index (κ3) is 1.86. The lowest BCUT2D eigenvalue weighted by Crippen LogP contribution is -2.10. The molecule has 0 aliphatic heterocycles. The van der Waals surface area contributed by atoms with Crippen molar-refractivity contribution in [1.29, 1.82) is 0 Å². The van der Waals surface area contributed by atoms with Gasteiger partial charge in [-0.1, -0.05) is 0 Å². The first kappa shape index (κ1) is 9.73. The molecule has 13 heavy (non-hydrogen) atoms. The molecule has 0 spiro atoms. The molecule has 0 aromatic carbocycles. The van der Waals surface area contributed by atoms with Gasteiger partial charge in [-0.15, -0.1) is 0 Å². The summed E-state index contributed by atoms with van der Waals surface area (Å²) in [6, 6.07) is 0.0823. The second kappa shape index (κ2) is 3.57. The molecule has 0 saturated carbocycles. The maximum atomic E-state index is 10.7. The summed E-state index contributed by atoms with van der Waals surface area (Å²) in [5, 5.41) is 8.80. The molecule has 0 unspecified atom stereocenters. The highest BCUT2D eigenvalue weighted by Gasteiger charge is 2.15. The van der Waals surface area contributed by atoms with E-state index in [4.69, 9.17) is 10.8 Å². The Hall–Kier alpha value is -1.36. The maximum absolute atomic E-state index is 10.7. The van der Waals surface area contributed by atoms with Crippen LogP contribution in [0.3, 0.4) is 0 Å². The molecule has 3 N–H and O–H groups in total. The lowest BCUT2D eigenvalue weighted by molar-refractivity contribution is 0.0676. The van der Waals surface area contributed by atoms with Crippen LogP contribution in [-0.4, -0.2) is 20.6 Å². The number of hydrogen-bond acceptors (Lipinski definition) is 3. The highest BCUT2D eigenvalue weighted by atomic mass is 16.4. The SMILES string of the molecule is CC(C)n1cc(CN)nc1C(=O)O. The van der Waals surface area contributed by atoms with Gasteiger partial charge in [-0.05, 0) is 13.8 Å². The Labute approximate surface area is 76.2 Å². The highest BCUT2D eigenvalue weighted by Crippen LogP contribution is 2.10. The number of carbonyl (C=O) groups is 1. The fourth-order valence-electron chi connectivity index (χ4n) is 1.09. The molecule has 5 nitrogen and oxygen atoms in total. The van der Waals surface area contributed by atoms with Gasteiger partial charge in [0.1, 0.15) is 0 Å². The van der Waals surface area contributed by atoms with Crippen molar-refractivity contribution in [3.63, 3.8) is 0 Å². The van der Waals surface area contributed by atoms with E-state index in [1.807, 2.05) is 13.8 Å². The maximum Gasteiger partial charge on any atom is 0.372 e. The van der Waals surface area contributed by atoms with Crippen LogP contribution in [0.5, 0.6) is 0 Å². The number of nitrogens with zero attached hydrogens (tertiary/aromatic N) is 2. The van der Waals surface area contributed by atoms with Crippen molar-refractivity contribution >= 4 is 5.97 Å². The number of aromatic carboxylic acids is 1. The van der Waals surface area contributed by atoms with Crippen LogP contribution in [0.1, 0.15) is 36.2 Å². The Morgan fingerprint density at radius 3 is 2.69 bits per heavy atom. The number of nitrogens with two attached hydrogens (primary N) is 1. The first-order valence-corrected chi connectivity index (χ1v) is 4.07. The molecule has 0 atom stereocenters. The van der Waals surface area contributed by atoms with Crippen molar-refractivity contribution < 1.29 is 9.90 Å². The fourth-order valence-corrected chi connectivity index (χ4v) is 1.09. The molecular weight excluding hydrogens is 170 g/mol. The number of carboxylic acid groups (broad SMARTS) is 1. The van der Waals surface area contributed by atoms with Crippen molar-refractivity contribution in [1.82, 2.24) is 9.55 Å². The molecule has 1 aromatic rings. The summed E-state index contributed by atoms with van der Waals surface area (Å²) in [5.74, 6) is -0.969. The number of imidazole rings is 1. The minimum atomic E-state index is -1.02. The first-order chi connectivity index (χ1) is 6.06. The van der Waals surface area contributed by atoms with E-state index < -0.39 is 5.97 Å². The Morgan fingerprint density at radius 1 is 1.77 bits per heavy atom. The van der Waals surface area contributed by atoms with Crippen molar-refractivity contribution in [2.24, 2.45) is 5.73 Å². The van der Waals surface area contributed by atoms with Gasteiger partial charge >= 0.3 is 5.97 Å². The number of rotatable bonds is 3. The van der Waals surface area contributed by atoms with Crippen LogP contribution >= 0.6 is 0 Å². The standard InChI is InChI=1S/C8H13N3O2/c1-5(2)11-4-6(3-9)10-7(11)8(12)13/h4-5H,3,9H2,1-2H3,(H,12,13). The van der Waals surface area contributed by atoms with Crippen molar-refractivity contribution in [2.45, 2.75) is 26.4 Å². The molecule has 0 radical (unpaired) electrons. The first-order valence-electron chi connectivity index (χ1n) is 4.07. The van der Waals surface area contributed by atoms with Gasteiger partial charge in [0, 0.05) is 18.8 Å². The number of carboxylic acids is 1. The average molecular weight is 183 g/mol. The number of aromatic nitrogens is 2. The molecule has 0 fully saturated rings. The van der Waals surface area contributed by atoms with Gasteiger partial charge in [0.25, 0.3) is 0 Å². The third-order valence-corrected chi connectivity index (χ3v) is 1.74. The fraction of sp³-hybridized carbons (Fsp3) is 0.500. The van der Waals surface area contributed by atoms with Gasteiger partial charge in [-0.2, -0.15) is 0 Å². The Balaban J connectivity index is 3.15. The van der Waals surface area contributed by atoms with Gasteiger partial charge < -0.3 is 15.4 Å². The zero-order valence-corrected chi connectivity index (χ0v) is 7.69. The largest absolute Gasteiger partial charge is 0.475 e. The predicted molar refractivity (Wildman–Crippen MR) is 47.5 cm³/mol. The summed E-state index contributed by atoms with van der Waals surface area (Å²) in [7, 11) is 0. The topological polar surface area (TPSA) is 81.1 Å². The van der Waals surface area contributed by atoms with Gasteiger partial charge in [0.2, 0.25) is 5.82 Å². The number of hydrogen-bond donors (Lipinski definition) is 2. The van der Waals surface area contributed by atoms with Crippen LogP contribution in [-0.2, 0) is 6.54 Å². The summed E-state index contributed by atoms with van der Waals surface area (Å²) in [5.41, 5.74) is 5.97. The molecule has 0 aliphatic carbocycles. The van der Waals surface area contributed by atoms with Gasteiger partial charge in [0.05, 0.1) is 5.69 Å². The predicted octanol–water partition coefficient (Wildman–Crippen LogP) is 0.621. The third-order valence-electron chi connectivity index (χ3n) is 1.74. The summed E-state index contributed by atoms with van der Waals surface area (Å²) in [4.78, 5) is 14.6. The molecule has 1 heterocycles. The van der Waals surface area contributed by atoms with E-state index in [0.29, 0.717) is 5.69 Å². The van der Waals surface area contributed by atoms with E-state index in [-0.39, 0.29) is 18.4 Å². The zero-order valence-electron chi connectivity index (χ0n) is 7.69. The summed E-state index contributed by atoms with van der Waals surface area (Å²) < 4.78 is 1.60. The van der Waals surface area contributed by atoms with Crippen LogP contribution in [0.4, 0.5) is 0 Å². The smallest absolute Gasteiger partial charge is 0.372 e. The molecule has 0 saturated heterocycles. The molecule has 72 valence electrons. The summed E-state index contributed by atoms with van der Waals surface area (Å²) >= 11 is 0. The minimum Gasteiger partial charge on any atom is -0.475 e. The van der Waals surface area contributed by atoms with Crippen LogP contribution in [0, 0.1) is 0 Å². The van der Waals surface area contributed by atoms with E-state index in [9.17, 15) is 4.79 Å². The second-order valence-electron chi connectivity index (χ2n) is 3.07. The van der Waals surface area contributed by atoms with Gasteiger partial charge in [0.15, 0.2) is 0 Å². The van der Waals surface area contributed by atoms with Crippen LogP contribution < -0.4 is 5.73 Å². The lowest BCUT2D eigenvalue weighted by atomic mass is 10.4. The molecule has 1 rings (SSSR count). The van der Waals surface area contributed by atoms with Crippen molar-refractivity contribution in [3.05, 3.63) is 17.7 Å². The minimum absolute atomic E-state index is 0.0513. The van der Waals surface area contributed by atoms with Crippen molar-refractivity contribution in [3.8, 4) is 0 Å². The van der Waals surface area contributed by atoms with E-state index in [0.717, 1.165) is 0 Å². The summed E-state index contributed by atoms with van der Waals surface area (Å²) in [6.07, 6.45) is 1.67.